The SMILES string of the molecule is Cc1ccc(F)c(C(O)CCc2ccco2)c1F. The van der Waals surface area contributed by atoms with Crippen LogP contribution in [0.5, 0.6) is 0 Å². The van der Waals surface area contributed by atoms with E-state index in [1.807, 2.05) is 0 Å². The van der Waals surface area contributed by atoms with Crippen LogP contribution in [0.4, 0.5) is 8.78 Å². The normalized spacial score (nSPS) is 12.7. The van der Waals surface area contributed by atoms with Gasteiger partial charge in [0.25, 0.3) is 0 Å². The summed E-state index contributed by atoms with van der Waals surface area (Å²) in [5.41, 5.74) is 0.0602. The van der Waals surface area contributed by atoms with Gasteiger partial charge in [-0.2, -0.15) is 0 Å². The van der Waals surface area contributed by atoms with E-state index in [0.29, 0.717) is 17.7 Å². The average Bonchev–Trinajstić information content (AvgIpc) is 2.85. The molecule has 0 radical (unpaired) electrons. The van der Waals surface area contributed by atoms with Crippen LogP contribution >= 0.6 is 0 Å². The average molecular weight is 252 g/mol. The Bertz CT molecular complexity index is 521. The molecular formula is C14H14F2O2. The summed E-state index contributed by atoms with van der Waals surface area (Å²) in [7, 11) is 0. The molecule has 4 heteroatoms. The summed E-state index contributed by atoms with van der Waals surface area (Å²) in [5.74, 6) is -0.713. The van der Waals surface area contributed by atoms with Gasteiger partial charge in [-0.25, -0.2) is 8.78 Å². The summed E-state index contributed by atoms with van der Waals surface area (Å²) in [6.45, 7) is 1.54. The van der Waals surface area contributed by atoms with E-state index in [-0.39, 0.29) is 12.0 Å². The van der Waals surface area contributed by atoms with Gasteiger partial charge in [0.2, 0.25) is 0 Å². The van der Waals surface area contributed by atoms with E-state index >= 15 is 0 Å². The smallest absolute Gasteiger partial charge is 0.134 e. The first-order chi connectivity index (χ1) is 8.59. The highest BCUT2D eigenvalue weighted by atomic mass is 19.1. The molecule has 0 bridgehead atoms. The Kier molecular flexibility index (Phi) is 3.77. The Balaban J connectivity index is 2.13. The van der Waals surface area contributed by atoms with Crippen molar-refractivity contribution >= 4 is 0 Å². The highest BCUT2D eigenvalue weighted by Gasteiger charge is 2.19. The second kappa shape index (κ2) is 5.31. The topological polar surface area (TPSA) is 33.4 Å². The van der Waals surface area contributed by atoms with E-state index in [9.17, 15) is 13.9 Å². The minimum atomic E-state index is -1.17. The standard InChI is InChI=1S/C14H14F2O2/c1-9-4-6-11(15)13(14(9)16)12(17)7-5-10-3-2-8-18-10/h2-4,6,8,12,17H,5,7H2,1H3. The predicted molar refractivity (Wildman–Crippen MR) is 63.1 cm³/mol. The van der Waals surface area contributed by atoms with Crippen molar-refractivity contribution in [1.82, 2.24) is 0 Å². The maximum atomic E-state index is 13.8. The predicted octanol–water partition coefficient (Wildman–Crippen LogP) is 3.53. The summed E-state index contributed by atoms with van der Waals surface area (Å²) < 4.78 is 32.4. The van der Waals surface area contributed by atoms with Gasteiger partial charge in [0.1, 0.15) is 17.4 Å². The van der Waals surface area contributed by atoms with E-state index < -0.39 is 17.7 Å². The Morgan fingerprint density at radius 1 is 1.28 bits per heavy atom. The number of hydrogen-bond acceptors (Lipinski definition) is 2. The molecule has 1 aromatic heterocycles. The van der Waals surface area contributed by atoms with E-state index in [2.05, 4.69) is 0 Å². The van der Waals surface area contributed by atoms with Crippen LogP contribution in [0.25, 0.3) is 0 Å². The van der Waals surface area contributed by atoms with Crippen LogP contribution in [0.1, 0.15) is 29.4 Å². The Labute approximate surface area is 104 Å². The molecule has 1 heterocycles. The Morgan fingerprint density at radius 3 is 2.72 bits per heavy atom. The molecule has 0 aliphatic rings. The molecule has 0 aliphatic carbocycles. The maximum Gasteiger partial charge on any atom is 0.134 e. The second-order valence-electron chi connectivity index (χ2n) is 4.23. The minimum Gasteiger partial charge on any atom is -0.469 e. The van der Waals surface area contributed by atoms with Crippen molar-refractivity contribution in [3.8, 4) is 0 Å². The van der Waals surface area contributed by atoms with Gasteiger partial charge in [-0.3, -0.25) is 0 Å². The van der Waals surface area contributed by atoms with E-state index in [1.54, 1.807) is 12.1 Å². The molecule has 1 unspecified atom stereocenters. The van der Waals surface area contributed by atoms with Crippen LogP contribution in [-0.2, 0) is 6.42 Å². The van der Waals surface area contributed by atoms with E-state index in [1.165, 1.54) is 25.3 Å². The molecule has 2 aromatic rings. The largest absolute Gasteiger partial charge is 0.469 e. The first-order valence-corrected chi connectivity index (χ1v) is 5.74. The highest BCUT2D eigenvalue weighted by Crippen LogP contribution is 2.26. The van der Waals surface area contributed by atoms with Gasteiger partial charge in [0, 0.05) is 6.42 Å². The summed E-state index contributed by atoms with van der Waals surface area (Å²) in [6, 6.07) is 6.02. The lowest BCUT2D eigenvalue weighted by Crippen LogP contribution is -2.06. The number of furan rings is 1. The van der Waals surface area contributed by atoms with E-state index in [4.69, 9.17) is 4.42 Å². The first kappa shape index (κ1) is 12.8. The molecule has 0 aliphatic heterocycles. The van der Waals surface area contributed by atoms with Crippen molar-refractivity contribution in [2.45, 2.75) is 25.9 Å². The molecule has 1 aromatic carbocycles. The zero-order valence-corrected chi connectivity index (χ0v) is 9.99. The zero-order chi connectivity index (χ0) is 13.1. The van der Waals surface area contributed by atoms with Gasteiger partial charge in [-0.15, -0.1) is 0 Å². The third-order valence-electron chi connectivity index (χ3n) is 2.90. The zero-order valence-electron chi connectivity index (χ0n) is 9.99. The molecule has 0 spiro atoms. The summed E-state index contributed by atoms with van der Waals surface area (Å²) in [6.07, 6.45) is 0.997. The van der Waals surface area contributed by atoms with Crippen molar-refractivity contribution < 1.29 is 18.3 Å². The van der Waals surface area contributed by atoms with Crippen LogP contribution in [0.15, 0.2) is 34.9 Å². The third kappa shape index (κ3) is 2.59. The molecule has 0 saturated carbocycles. The number of aryl methyl sites for hydroxylation is 2. The number of rotatable bonds is 4. The van der Waals surface area contributed by atoms with Crippen molar-refractivity contribution in [3.63, 3.8) is 0 Å². The van der Waals surface area contributed by atoms with Crippen molar-refractivity contribution in [3.05, 3.63) is 59.1 Å². The Morgan fingerprint density at radius 2 is 2.06 bits per heavy atom. The summed E-state index contributed by atoms with van der Waals surface area (Å²) >= 11 is 0. The molecule has 1 N–H and O–H groups in total. The van der Waals surface area contributed by atoms with Gasteiger partial charge in [-0.05, 0) is 37.1 Å². The molecule has 2 rings (SSSR count). The molecule has 1 atom stereocenters. The van der Waals surface area contributed by atoms with Gasteiger partial charge < -0.3 is 9.52 Å². The fourth-order valence-electron chi connectivity index (χ4n) is 1.86. The lowest BCUT2D eigenvalue weighted by Gasteiger charge is -2.13. The van der Waals surface area contributed by atoms with Crippen LogP contribution in [0.2, 0.25) is 0 Å². The fraction of sp³-hybridized carbons (Fsp3) is 0.286. The van der Waals surface area contributed by atoms with Crippen LogP contribution in [-0.4, -0.2) is 5.11 Å². The van der Waals surface area contributed by atoms with Crippen LogP contribution in [0, 0.1) is 18.6 Å². The first-order valence-electron chi connectivity index (χ1n) is 5.74. The quantitative estimate of drug-likeness (QED) is 0.903. The maximum absolute atomic E-state index is 13.8. The van der Waals surface area contributed by atoms with Gasteiger partial charge in [0.05, 0.1) is 17.9 Å². The molecule has 0 fully saturated rings. The van der Waals surface area contributed by atoms with Crippen LogP contribution < -0.4 is 0 Å². The van der Waals surface area contributed by atoms with E-state index in [0.717, 1.165) is 0 Å². The highest BCUT2D eigenvalue weighted by molar-refractivity contribution is 5.28. The molecule has 0 saturated heterocycles. The van der Waals surface area contributed by atoms with Crippen molar-refractivity contribution in [2.75, 3.05) is 0 Å². The van der Waals surface area contributed by atoms with Gasteiger partial charge in [-0.1, -0.05) is 6.07 Å². The molecular weight excluding hydrogens is 238 g/mol. The Hall–Kier alpha value is -1.68. The molecule has 2 nitrogen and oxygen atoms in total. The lowest BCUT2D eigenvalue weighted by molar-refractivity contribution is 0.155. The van der Waals surface area contributed by atoms with Gasteiger partial charge >= 0.3 is 0 Å². The van der Waals surface area contributed by atoms with Crippen molar-refractivity contribution in [2.24, 2.45) is 0 Å². The number of hydrogen-bond donors (Lipinski definition) is 1. The number of aliphatic hydroxyl groups excluding tert-OH is 1. The second-order valence-corrected chi connectivity index (χ2v) is 4.23. The molecule has 0 amide bonds. The monoisotopic (exact) mass is 252 g/mol. The van der Waals surface area contributed by atoms with Gasteiger partial charge in [0.15, 0.2) is 0 Å². The summed E-state index contributed by atoms with van der Waals surface area (Å²) in [4.78, 5) is 0. The fourth-order valence-corrected chi connectivity index (χ4v) is 1.86. The molecule has 96 valence electrons. The molecule has 18 heavy (non-hydrogen) atoms. The number of benzene rings is 1. The number of aliphatic hydroxyl groups is 1. The summed E-state index contributed by atoms with van der Waals surface area (Å²) in [5, 5.41) is 9.88. The third-order valence-corrected chi connectivity index (χ3v) is 2.90. The minimum absolute atomic E-state index is 0.213. The lowest BCUT2D eigenvalue weighted by atomic mass is 10.0. The van der Waals surface area contributed by atoms with Crippen molar-refractivity contribution in [1.29, 1.82) is 0 Å². The van der Waals surface area contributed by atoms with Crippen LogP contribution in [0.3, 0.4) is 0 Å². The number of halogens is 2.